The Kier molecular flexibility index (Phi) is 6.50. The Morgan fingerprint density at radius 3 is 2.67 bits per heavy atom. The number of aromatic nitrogens is 1. The second-order valence-corrected chi connectivity index (χ2v) is 10.3. The zero-order chi connectivity index (χ0) is 19.6. The highest BCUT2D eigenvalue weighted by molar-refractivity contribution is 9.10. The Hall–Kier alpha value is -1.09. The third-order valence-electron chi connectivity index (χ3n) is 5.02. The summed E-state index contributed by atoms with van der Waals surface area (Å²) in [6.45, 7) is 0.956. The van der Waals surface area contributed by atoms with E-state index in [0.29, 0.717) is 38.2 Å². The van der Waals surface area contributed by atoms with Crippen LogP contribution in [0, 0.1) is 0 Å². The molecule has 148 valence electrons. The highest BCUT2D eigenvalue weighted by Crippen LogP contribution is 2.37. The van der Waals surface area contributed by atoms with E-state index in [9.17, 15) is 13.2 Å². The number of carbonyl (C=O) groups excluding carboxylic acids is 1. The molecule has 1 aliphatic heterocycles. The van der Waals surface area contributed by atoms with Crippen LogP contribution in [-0.2, 0) is 21.2 Å². The molecule has 0 unspecified atom stereocenters. The van der Waals surface area contributed by atoms with Crippen molar-refractivity contribution in [3.05, 3.63) is 33.9 Å². The molecular formula is C18H23BrClN3O3S. The summed E-state index contributed by atoms with van der Waals surface area (Å²) < 4.78 is 27.3. The molecule has 6 nitrogen and oxygen atoms in total. The van der Waals surface area contributed by atoms with Gasteiger partial charge >= 0.3 is 0 Å². The maximum absolute atomic E-state index is 12.4. The summed E-state index contributed by atoms with van der Waals surface area (Å²) in [6.07, 6.45) is 2.04. The maximum Gasteiger partial charge on any atom is 0.223 e. The summed E-state index contributed by atoms with van der Waals surface area (Å²) in [6, 6.07) is 5.96. The van der Waals surface area contributed by atoms with Gasteiger partial charge < -0.3 is 10.7 Å². The lowest BCUT2D eigenvalue weighted by Gasteiger charge is -2.31. The first kappa shape index (κ1) is 20.6. The molecule has 0 saturated carbocycles. The molecule has 27 heavy (non-hydrogen) atoms. The third kappa shape index (κ3) is 4.67. The van der Waals surface area contributed by atoms with E-state index in [1.54, 1.807) is 4.31 Å². The van der Waals surface area contributed by atoms with Crippen molar-refractivity contribution in [3.8, 4) is 0 Å². The van der Waals surface area contributed by atoms with Crippen molar-refractivity contribution in [2.24, 2.45) is 5.73 Å². The van der Waals surface area contributed by atoms with Crippen LogP contribution < -0.4 is 5.73 Å². The van der Waals surface area contributed by atoms with Gasteiger partial charge in [0.1, 0.15) is 0 Å². The number of H-pyrrole nitrogens is 1. The first-order chi connectivity index (χ1) is 12.8. The van der Waals surface area contributed by atoms with Crippen molar-refractivity contribution in [3.63, 3.8) is 0 Å². The number of aromatic amines is 1. The Balaban J connectivity index is 1.86. The van der Waals surface area contributed by atoms with Crippen molar-refractivity contribution in [2.45, 2.75) is 31.6 Å². The van der Waals surface area contributed by atoms with Crippen molar-refractivity contribution in [2.75, 3.05) is 24.7 Å². The molecule has 2 aromatic rings. The zero-order valence-electron chi connectivity index (χ0n) is 14.9. The largest absolute Gasteiger partial charge is 0.369 e. The summed E-state index contributed by atoms with van der Waals surface area (Å²) >= 11 is 9.14. The van der Waals surface area contributed by atoms with E-state index in [1.807, 2.05) is 18.2 Å². The standard InChI is InChI=1S/C18H23BrClN3O3S/c19-13-2-3-15-14(10-13)18(16(22-15)11-17(21)24)12-4-7-23(8-5-12)27(25,26)9-1-6-20/h2-3,10,12,22H,1,4-9,11H2,(H2,21,24). The van der Waals surface area contributed by atoms with Gasteiger partial charge in [-0.15, -0.1) is 11.6 Å². The van der Waals surface area contributed by atoms with Crippen molar-refractivity contribution in [1.29, 1.82) is 0 Å². The zero-order valence-corrected chi connectivity index (χ0v) is 18.0. The molecular weight excluding hydrogens is 454 g/mol. The van der Waals surface area contributed by atoms with Crippen LogP contribution in [0.25, 0.3) is 10.9 Å². The number of carbonyl (C=O) groups is 1. The summed E-state index contributed by atoms with van der Waals surface area (Å²) in [7, 11) is -3.26. The smallest absolute Gasteiger partial charge is 0.223 e. The molecule has 0 radical (unpaired) electrons. The summed E-state index contributed by atoms with van der Waals surface area (Å²) in [5, 5.41) is 1.06. The van der Waals surface area contributed by atoms with Crippen molar-refractivity contribution >= 4 is 54.4 Å². The SMILES string of the molecule is NC(=O)Cc1[nH]c2ccc(Br)cc2c1C1CCN(S(=O)(=O)CCCCl)CC1. The van der Waals surface area contributed by atoms with Crippen LogP contribution >= 0.6 is 27.5 Å². The van der Waals surface area contributed by atoms with E-state index in [2.05, 4.69) is 20.9 Å². The second-order valence-electron chi connectivity index (χ2n) is 6.88. The molecule has 1 aliphatic rings. The third-order valence-corrected chi connectivity index (χ3v) is 7.74. The topological polar surface area (TPSA) is 96.3 Å². The molecule has 1 amide bonds. The molecule has 0 bridgehead atoms. The maximum atomic E-state index is 12.4. The van der Waals surface area contributed by atoms with Gasteiger partial charge in [0.05, 0.1) is 12.2 Å². The Bertz CT molecular complexity index is 937. The first-order valence-corrected chi connectivity index (χ1v) is 11.9. The predicted molar refractivity (Wildman–Crippen MR) is 112 cm³/mol. The van der Waals surface area contributed by atoms with E-state index in [4.69, 9.17) is 17.3 Å². The fourth-order valence-electron chi connectivity index (χ4n) is 3.81. The normalized spacial score (nSPS) is 16.8. The number of sulfonamides is 1. The van der Waals surface area contributed by atoms with Gasteiger partial charge in [0, 0.05) is 40.0 Å². The molecule has 3 rings (SSSR count). The number of nitrogens with zero attached hydrogens (tertiary/aromatic N) is 1. The molecule has 3 N–H and O–H groups in total. The van der Waals surface area contributed by atoms with E-state index in [1.165, 1.54) is 0 Å². The Morgan fingerprint density at radius 1 is 1.33 bits per heavy atom. The van der Waals surface area contributed by atoms with Crippen LogP contribution in [0.3, 0.4) is 0 Å². The summed E-state index contributed by atoms with van der Waals surface area (Å²) in [5.41, 5.74) is 8.31. The molecule has 1 fully saturated rings. The fourth-order valence-corrected chi connectivity index (χ4v) is 6.00. The second kappa shape index (κ2) is 8.51. The van der Waals surface area contributed by atoms with Crippen molar-refractivity contribution < 1.29 is 13.2 Å². The number of primary amides is 1. The number of halogens is 2. The molecule has 2 heterocycles. The Labute approximate surface area is 172 Å². The quantitative estimate of drug-likeness (QED) is 0.601. The lowest BCUT2D eigenvalue weighted by atomic mass is 9.87. The number of fused-ring (bicyclic) bond motifs is 1. The summed E-state index contributed by atoms with van der Waals surface area (Å²) in [5.74, 6) is 0.231. The molecule has 0 aliphatic carbocycles. The number of hydrogen-bond acceptors (Lipinski definition) is 3. The van der Waals surface area contributed by atoms with Gasteiger partial charge in [0.15, 0.2) is 0 Å². The number of rotatable bonds is 7. The molecule has 0 atom stereocenters. The van der Waals surface area contributed by atoms with Gasteiger partial charge in [-0.25, -0.2) is 12.7 Å². The first-order valence-electron chi connectivity index (χ1n) is 8.94. The lowest BCUT2D eigenvalue weighted by Crippen LogP contribution is -2.39. The van der Waals surface area contributed by atoms with Gasteiger partial charge in [0.2, 0.25) is 15.9 Å². The molecule has 1 aromatic carbocycles. The number of amides is 1. The van der Waals surface area contributed by atoms with Gasteiger partial charge in [-0.05, 0) is 48.9 Å². The van der Waals surface area contributed by atoms with Crippen LogP contribution in [0.2, 0.25) is 0 Å². The van der Waals surface area contributed by atoms with Gasteiger partial charge in [-0.2, -0.15) is 0 Å². The number of piperidine rings is 1. The minimum atomic E-state index is -3.26. The minimum Gasteiger partial charge on any atom is -0.369 e. The molecule has 0 spiro atoms. The van der Waals surface area contributed by atoms with E-state index >= 15 is 0 Å². The monoisotopic (exact) mass is 475 g/mol. The number of hydrogen-bond donors (Lipinski definition) is 2. The molecule has 1 saturated heterocycles. The van der Waals surface area contributed by atoms with E-state index in [0.717, 1.165) is 26.6 Å². The predicted octanol–water partition coefficient (Wildman–Crippen LogP) is 3.10. The van der Waals surface area contributed by atoms with Crippen molar-refractivity contribution in [1.82, 2.24) is 9.29 Å². The number of benzene rings is 1. The average molecular weight is 477 g/mol. The van der Waals surface area contributed by atoms with Crippen LogP contribution in [0.1, 0.15) is 36.4 Å². The average Bonchev–Trinajstić information content (AvgIpc) is 2.96. The highest BCUT2D eigenvalue weighted by Gasteiger charge is 2.31. The highest BCUT2D eigenvalue weighted by atomic mass is 79.9. The van der Waals surface area contributed by atoms with Crippen LogP contribution in [-0.4, -0.2) is 48.3 Å². The van der Waals surface area contributed by atoms with Crippen LogP contribution in [0.4, 0.5) is 0 Å². The minimum absolute atomic E-state index is 0.0914. The lowest BCUT2D eigenvalue weighted by molar-refractivity contribution is -0.117. The van der Waals surface area contributed by atoms with Crippen LogP contribution in [0.5, 0.6) is 0 Å². The van der Waals surface area contributed by atoms with E-state index < -0.39 is 10.0 Å². The van der Waals surface area contributed by atoms with Gasteiger partial charge in [-0.1, -0.05) is 15.9 Å². The van der Waals surface area contributed by atoms with Gasteiger partial charge in [0.25, 0.3) is 0 Å². The number of alkyl halides is 1. The number of nitrogens with one attached hydrogen (secondary N) is 1. The van der Waals surface area contributed by atoms with Gasteiger partial charge in [-0.3, -0.25) is 4.79 Å². The fraction of sp³-hybridized carbons (Fsp3) is 0.500. The molecule has 9 heteroatoms. The summed E-state index contributed by atoms with van der Waals surface area (Å²) in [4.78, 5) is 14.8. The van der Waals surface area contributed by atoms with E-state index in [-0.39, 0.29) is 24.0 Å². The Morgan fingerprint density at radius 2 is 2.04 bits per heavy atom. The van der Waals surface area contributed by atoms with Crippen LogP contribution in [0.15, 0.2) is 22.7 Å². The number of nitrogens with two attached hydrogens (primary N) is 1. The molecule has 1 aromatic heterocycles.